The molecule has 0 saturated carbocycles. The zero-order chi connectivity index (χ0) is 15.4. The van der Waals surface area contributed by atoms with Crippen LogP contribution in [0.3, 0.4) is 0 Å². The number of carbonyl (C=O) groups excluding carboxylic acids is 1. The Labute approximate surface area is 125 Å². The normalized spacial score (nSPS) is 13.9. The zero-order valence-corrected chi connectivity index (χ0v) is 11.9. The van der Waals surface area contributed by atoms with Crippen molar-refractivity contribution in [3.05, 3.63) is 47.9 Å². The second kappa shape index (κ2) is 4.30. The van der Waals surface area contributed by atoms with Crippen molar-refractivity contribution < 1.29 is 9.18 Å². The molecule has 0 aliphatic carbocycles. The first-order valence-corrected chi connectivity index (χ1v) is 6.87. The van der Waals surface area contributed by atoms with Crippen LogP contribution in [0.1, 0.15) is 5.56 Å². The molecule has 0 bridgehead atoms. The first kappa shape index (κ1) is 12.8. The molecule has 0 spiro atoms. The number of imidazole rings is 1. The van der Waals surface area contributed by atoms with E-state index in [0.29, 0.717) is 23.6 Å². The molecular weight excluding hydrogens is 283 g/mol. The van der Waals surface area contributed by atoms with Gasteiger partial charge < -0.3 is 10.6 Å². The molecule has 6 heteroatoms. The molecule has 0 unspecified atom stereocenters. The maximum absolute atomic E-state index is 13.3. The summed E-state index contributed by atoms with van der Waals surface area (Å²) >= 11 is 0. The minimum atomic E-state index is -0.371. The van der Waals surface area contributed by atoms with E-state index in [9.17, 15) is 9.18 Å². The Hall–Kier alpha value is -2.89. The number of nitrogen functional groups attached to an aromatic ring is 1. The molecule has 3 aromatic rings. The van der Waals surface area contributed by atoms with Crippen molar-refractivity contribution in [2.45, 2.75) is 6.42 Å². The third kappa shape index (κ3) is 1.70. The minimum Gasteiger partial charge on any atom is -0.383 e. The summed E-state index contributed by atoms with van der Waals surface area (Å²) in [6.07, 6.45) is 1.69. The van der Waals surface area contributed by atoms with Crippen LogP contribution in [0.2, 0.25) is 0 Å². The van der Waals surface area contributed by atoms with E-state index in [1.165, 1.54) is 16.7 Å². The molecule has 0 fully saturated rings. The quantitative estimate of drug-likeness (QED) is 0.749. The Morgan fingerprint density at radius 3 is 2.91 bits per heavy atom. The molecule has 1 amide bonds. The smallest absolute Gasteiger partial charge is 0.231 e. The molecular formula is C16H13FN4O. The summed E-state index contributed by atoms with van der Waals surface area (Å²) in [6, 6.07) is 8.62. The molecule has 1 aromatic carbocycles. The number of aromatic nitrogens is 2. The number of nitrogens with two attached hydrogens (primary N) is 1. The summed E-state index contributed by atoms with van der Waals surface area (Å²) < 4.78 is 14.9. The first-order valence-electron chi connectivity index (χ1n) is 6.87. The molecule has 2 aromatic heterocycles. The van der Waals surface area contributed by atoms with Crippen LogP contribution in [0.25, 0.3) is 16.9 Å². The van der Waals surface area contributed by atoms with Gasteiger partial charge >= 0.3 is 0 Å². The van der Waals surface area contributed by atoms with Gasteiger partial charge in [0.25, 0.3) is 0 Å². The van der Waals surface area contributed by atoms with Gasteiger partial charge in [-0.3, -0.25) is 9.20 Å². The summed E-state index contributed by atoms with van der Waals surface area (Å²) in [6.45, 7) is 0. The number of halogens is 1. The number of fused-ring (bicyclic) bond motifs is 2. The van der Waals surface area contributed by atoms with Crippen molar-refractivity contribution in [2.75, 3.05) is 17.7 Å². The SMILES string of the molecule is CN1C(=O)Cc2cc(-c3nc4ccc(F)cn4c3N)ccc21. The van der Waals surface area contributed by atoms with Crippen molar-refractivity contribution in [1.82, 2.24) is 9.38 Å². The predicted molar refractivity (Wildman–Crippen MR) is 82.1 cm³/mol. The fourth-order valence-corrected chi connectivity index (χ4v) is 2.87. The molecule has 110 valence electrons. The van der Waals surface area contributed by atoms with Crippen LogP contribution in [-0.2, 0) is 11.2 Å². The number of likely N-dealkylation sites (N-methyl/N-ethyl adjacent to an activating group) is 1. The highest BCUT2D eigenvalue weighted by Gasteiger charge is 2.24. The number of carbonyl (C=O) groups is 1. The average Bonchev–Trinajstić information content (AvgIpc) is 2.97. The van der Waals surface area contributed by atoms with Gasteiger partial charge in [0.05, 0.1) is 6.42 Å². The number of hydrogen-bond donors (Lipinski definition) is 1. The van der Waals surface area contributed by atoms with Gasteiger partial charge in [0.1, 0.15) is 23.0 Å². The van der Waals surface area contributed by atoms with E-state index in [-0.39, 0.29) is 11.7 Å². The van der Waals surface area contributed by atoms with Crippen molar-refractivity contribution in [2.24, 2.45) is 0 Å². The van der Waals surface area contributed by atoms with Crippen LogP contribution in [0.15, 0.2) is 36.5 Å². The monoisotopic (exact) mass is 296 g/mol. The molecule has 4 rings (SSSR count). The zero-order valence-electron chi connectivity index (χ0n) is 11.9. The highest BCUT2D eigenvalue weighted by molar-refractivity contribution is 6.01. The van der Waals surface area contributed by atoms with Crippen LogP contribution >= 0.6 is 0 Å². The lowest BCUT2D eigenvalue weighted by Crippen LogP contribution is -2.20. The summed E-state index contributed by atoms with van der Waals surface area (Å²) in [5.41, 5.74) is 9.95. The Morgan fingerprint density at radius 2 is 2.09 bits per heavy atom. The molecule has 5 nitrogen and oxygen atoms in total. The van der Waals surface area contributed by atoms with Crippen molar-refractivity contribution in [1.29, 1.82) is 0 Å². The fourth-order valence-electron chi connectivity index (χ4n) is 2.87. The Morgan fingerprint density at radius 1 is 1.27 bits per heavy atom. The highest BCUT2D eigenvalue weighted by atomic mass is 19.1. The summed E-state index contributed by atoms with van der Waals surface area (Å²) in [5.74, 6) is 0.0775. The van der Waals surface area contributed by atoms with E-state index >= 15 is 0 Å². The predicted octanol–water partition coefficient (Wildman–Crippen LogP) is 2.24. The topological polar surface area (TPSA) is 63.6 Å². The Balaban J connectivity index is 1.88. The van der Waals surface area contributed by atoms with Gasteiger partial charge in [0.2, 0.25) is 5.91 Å². The summed E-state index contributed by atoms with van der Waals surface area (Å²) in [5, 5.41) is 0. The number of benzene rings is 1. The van der Waals surface area contributed by atoms with Gasteiger partial charge in [-0.15, -0.1) is 0 Å². The van der Waals surface area contributed by atoms with Crippen LogP contribution in [0, 0.1) is 5.82 Å². The van der Waals surface area contributed by atoms with Crippen molar-refractivity contribution >= 4 is 23.1 Å². The average molecular weight is 296 g/mol. The minimum absolute atomic E-state index is 0.0668. The lowest BCUT2D eigenvalue weighted by atomic mass is 10.1. The number of amides is 1. The lowest BCUT2D eigenvalue weighted by Gasteiger charge is -2.10. The molecule has 0 atom stereocenters. The van der Waals surface area contributed by atoms with Gasteiger partial charge in [-0.1, -0.05) is 6.07 Å². The van der Waals surface area contributed by atoms with Crippen LogP contribution in [0.5, 0.6) is 0 Å². The number of hydrogen-bond acceptors (Lipinski definition) is 3. The molecule has 3 heterocycles. The fraction of sp³-hybridized carbons (Fsp3) is 0.125. The second-order valence-corrected chi connectivity index (χ2v) is 5.39. The molecule has 22 heavy (non-hydrogen) atoms. The molecule has 0 saturated heterocycles. The van der Waals surface area contributed by atoms with Gasteiger partial charge in [-0.2, -0.15) is 0 Å². The van der Waals surface area contributed by atoms with Crippen LogP contribution in [-0.4, -0.2) is 22.3 Å². The number of nitrogens with zero attached hydrogens (tertiary/aromatic N) is 3. The maximum Gasteiger partial charge on any atom is 0.231 e. The summed E-state index contributed by atoms with van der Waals surface area (Å²) in [4.78, 5) is 17.9. The molecule has 1 aliphatic heterocycles. The maximum atomic E-state index is 13.3. The van der Waals surface area contributed by atoms with E-state index in [2.05, 4.69) is 4.98 Å². The standard InChI is InChI=1S/C16H13FN4O/c1-20-12-4-2-9(6-10(12)7-14(20)22)15-16(18)21-8-11(17)3-5-13(21)19-15/h2-6,8H,7,18H2,1H3. The first-order chi connectivity index (χ1) is 10.5. The van der Waals surface area contributed by atoms with Gasteiger partial charge in [0, 0.05) is 24.5 Å². The third-order valence-electron chi connectivity index (χ3n) is 4.05. The van der Waals surface area contributed by atoms with Gasteiger partial charge in [-0.05, 0) is 29.8 Å². The lowest BCUT2D eigenvalue weighted by molar-refractivity contribution is -0.117. The van der Waals surface area contributed by atoms with Gasteiger partial charge in [0.15, 0.2) is 0 Å². The van der Waals surface area contributed by atoms with E-state index in [1.54, 1.807) is 18.0 Å². The number of pyridine rings is 1. The van der Waals surface area contributed by atoms with Gasteiger partial charge in [-0.25, -0.2) is 9.37 Å². The van der Waals surface area contributed by atoms with Crippen LogP contribution < -0.4 is 10.6 Å². The number of anilines is 2. The van der Waals surface area contributed by atoms with E-state index in [0.717, 1.165) is 16.8 Å². The highest BCUT2D eigenvalue weighted by Crippen LogP contribution is 2.34. The second-order valence-electron chi connectivity index (χ2n) is 5.39. The van der Waals surface area contributed by atoms with Crippen molar-refractivity contribution in [3.63, 3.8) is 0 Å². The molecule has 0 radical (unpaired) electrons. The molecule has 1 aliphatic rings. The van der Waals surface area contributed by atoms with Crippen LogP contribution in [0.4, 0.5) is 15.9 Å². The van der Waals surface area contributed by atoms with E-state index < -0.39 is 0 Å². The third-order valence-corrected chi connectivity index (χ3v) is 4.05. The molecule has 2 N–H and O–H groups in total. The largest absolute Gasteiger partial charge is 0.383 e. The Bertz CT molecular complexity index is 931. The Kier molecular flexibility index (Phi) is 2.51. The van der Waals surface area contributed by atoms with E-state index in [1.807, 2.05) is 18.2 Å². The number of rotatable bonds is 1. The van der Waals surface area contributed by atoms with E-state index in [4.69, 9.17) is 5.73 Å². The van der Waals surface area contributed by atoms with Crippen molar-refractivity contribution in [3.8, 4) is 11.3 Å². The summed E-state index contributed by atoms with van der Waals surface area (Å²) in [7, 11) is 1.76.